The summed E-state index contributed by atoms with van der Waals surface area (Å²) in [7, 11) is 0. The Hall–Kier alpha value is -0.750. The summed E-state index contributed by atoms with van der Waals surface area (Å²) in [5.74, 6) is 1.63. The lowest BCUT2D eigenvalue weighted by Gasteiger charge is -2.14. The zero-order valence-corrected chi connectivity index (χ0v) is 13.9. The maximum Gasteiger partial charge on any atom is 0.231 e. The van der Waals surface area contributed by atoms with Crippen LogP contribution in [0.2, 0.25) is 4.34 Å². The molecule has 0 spiro atoms. The summed E-state index contributed by atoms with van der Waals surface area (Å²) in [6, 6.07) is 8.31. The predicted molar refractivity (Wildman–Crippen MR) is 84.8 cm³/mol. The van der Waals surface area contributed by atoms with Crippen LogP contribution in [0.25, 0.3) is 0 Å². The number of benzene rings is 1. The van der Waals surface area contributed by atoms with Crippen molar-refractivity contribution in [3.63, 3.8) is 0 Å². The van der Waals surface area contributed by atoms with E-state index in [0.29, 0.717) is 6.79 Å². The summed E-state index contributed by atoms with van der Waals surface area (Å²) in [5, 5.41) is 3.48. The summed E-state index contributed by atoms with van der Waals surface area (Å²) in [6.45, 7) is 3.22. The van der Waals surface area contributed by atoms with Crippen LogP contribution in [0.3, 0.4) is 0 Å². The van der Waals surface area contributed by atoms with E-state index in [1.807, 2.05) is 18.2 Å². The molecular weight excluding hydrogens is 362 g/mol. The van der Waals surface area contributed by atoms with Gasteiger partial charge in [0.25, 0.3) is 0 Å². The highest BCUT2D eigenvalue weighted by atomic mass is 79.9. The van der Waals surface area contributed by atoms with Gasteiger partial charge < -0.3 is 14.8 Å². The van der Waals surface area contributed by atoms with E-state index in [-0.39, 0.29) is 6.04 Å². The monoisotopic (exact) mass is 373 g/mol. The van der Waals surface area contributed by atoms with Crippen LogP contribution in [0.4, 0.5) is 0 Å². The summed E-state index contributed by atoms with van der Waals surface area (Å²) in [4.78, 5) is 1.20. The van der Waals surface area contributed by atoms with Gasteiger partial charge >= 0.3 is 0 Å². The normalized spacial score (nSPS) is 14.6. The maximum atomic E-state index is 6.04. The number of thiophene rings is 1. The molecule has 6 heteroatoms. The Kier molecular flexibility index (Phi) is 4.21. The lowest BCUT2D eigenvalue weighted by molar-refractivity contribution is 0.174. The topological polar surface area (TPSA) is 30.5 Å². The second-order valence-corrected chi connectivity index (χ2v) is 7.14. The van der Waals surface area contributed by atoms with E-state index in [1.54, 1.807) is 11.3 Å². The molecule has 2 aromatic rings. The molecule has 1 atom stereocenters. The van der Waals surface area contributed by atoms with Gasteiger partial charge in [-0.3, -0.25) is 0 Å². The van der Waals surface area contributed by atoms with Gasteiger partial charge in [-0.25, -0.2) is 0 Å². The minimum atomic E-state index is 0.226. The van der Waals surface area contributed by atoms with Crippen molar-refractivity contribution in [2.45, 2.75) is 19.5 Å². The van der Waals surface area contributed by atoms with Gasteiger partial charge in [-0.15, -0.1) is 11.3 Å². The molecule has 2 heterocycles. The van der Waals surface area contributed by atoms with Crippen molar-refractivity contribution in [2.24, 2.45) is 0 Å². The lowest BCUT2D eigenvalue weighted by atomic mass is 10.1. The molecule has 0 fully saturated rings. The lowest BCUT2D eigenvalue weighted by Crippen LogP contribution is -2.17. The number of nitrogens with one attached hydrogen (secondary N) is 1. The second-order valence-electron chi connectivity index (χ2n) is 4.55. The molecule has 0 saturated carbocycles. The van der Waals surface area contributed by atoms with Gasteiger partial charge in [-0.05, 0) is 46.6 Å². The van der Waals surface area contributed by atoms with Crippen molar-refractivity contribution in [1.29, 1.82) is 0 Å². The van der Waals surface area contributed by atoms with E-state index < -0.39 is 0 Å². The van der Waals surface area contributed by atoms with Gasteiger partial charge in [0.2, 0.25) is 6.79 Å². The summed E-state index contributed by atoms with van der Waals surface area (Å²) < 4.78 is 12.5. The Morgan fingerprint density at radius 3 is 2.90 bits per heavy atom. The summed E-state index contributed by atoms with van der Waals surface area (Å²) in [5.41, 5.74) is 1.18. The number of hydrogen-bond donors (Lipinski definition) is 1. The molecule has 1 aliphatic rings. The first-order valence-electron chi connectivity index (χ1n) is 6.20. The third-order valence-corrected chi connectivity index (χ3v) is 5.65. The van der Waals surface area contributed by atoms with Crippen LogP contribution in [0.15, 0.2) is 28.7 Å². The maximum absolute atomic E-state index is 6.04. The molecular formula is C14H13BrClNO2S. The fourth-order valence-electron chi connectivity index (χ4n) is 2.03. The Bertz CT molecular complexity index is 612. The number of fused-ring (bicyclic) bond motifs is 1. The fraction of sp³-hybridized carbons (Fsp3) is 0.286. The van der Waals surface area contributed by atoms with E-state index in [2.05, 4.69) is 34.2 Å². The summed E-state index contributed by atoms with van der Waals surface area (Å²) in [6.07, 6.45) is 0. The quantitative estimate of drug-likeness (QED) is 0.838. The molecule has 1 aromatic heterocycles. The number of hydrogen-bond acceptors (Lipinski definition) is 4. The van der Waals surface area contributed by atoms with E-state index in [1.165, 1.54) is 10.4 Å². The van der Waals surface area contributed by atoms with Gasteiger partial charge in [0, 0.05) is 21.9 Å². The smallest absolute Gasteiger partial charge is 0.231 e. The number of rotatable bonds is 4. The van der Waals surface area contributed by atoms with Crippen molar-refractivity contribution >= 4 is 38.9 Å². The second kappa shape index (κ2) is 5.93. The van der Waals surface area contributed by atoms with Crippen LogP contribution in [0.1, 0.15) is 23.4 Å². The Balaban J connectivity index is 1.65. The average Bonchev–Trinajstić information content (AvgIpc) is 3.02. The Labute approximate surface area is 135 Å². The van der Waals surface area contributed by atoms with Crippen molar-refractivity contribution < 1.29 is 9.47 Å². The van der Waals surface area contributed by atoms with Crippen molar-refractivity contribution in [3.8, 4) is 11.5 Å². The van der Waals surface area contributed by atoms with E-state index in [0.717, 1.165) is 26.9 Å². The SMILES string of the molecule is CC(NCc1cc(Br)c(Cl)s1)c1ccc2c(c1)OCO2. The molecule has 0 amide bonds. The third-order valence-electron chi connectivity index (χ3n) is 3.18. The molecule has 0 saturated heterocycles. The molecule has 3 rings (SSSR count). The van der Waals surface area contributed by atoms with Crippen molar-refractivity contribution in [2.75, 3.05) is 6.79 Å². The molecule has 106 valence electrons. The zero-order valence-electron chi connectivity index (χ0n) is 10.8. The van der Waals surface area contributed by atoms with Gasteiger partial charge in [-0.2, -0.15) is 0 Å². The molecule has 1 N–H and O–H groups in total. The largest absolute Gasteiger partial charge is 0.454 e. The summed E-state index contributed by atoms with van der Waals surface area (Å²) >= 11 is 11.0. The van der Waals surface area contributed by atoms with E-state index >= 15 is 0 Å². The predicted octanol–water partition coefficient (Wildman–Crippen LogP) is 4.74. The van der Waals surface area contributed by atoms with Crippen LogP contribution in [-0.4, -0.2) is 6.79 Å². The van der Waals surface area contributed by atoms with E-state index in [4.69, 9.17) is 21.1 Å². The van der Waals surface area contributed by atoms with Crippen molar-refractivity contribution in [1.82, 2.24) is 5.32 Å². The van der Waals surface area contributed by atoms with E-state index in [9.17, 15) is 0 Å². The Morgan fingerprint density at radius 2 is 2.15 bits per heavy atom. The highest BCUT2D eigenvalue weighted by Crippen LogP contribution is 2.35. The average molecular weight is 375 g/mol. The highest BCUT2D eigenvalue weighted by Gasteiger charge is 2.15. The minimum absolute atomic E-state index is 0.226. The first-order valence-corrected chi connectivity index (χ1v) is 8.19. The van der Waals surface area contributed by atoms with Crippen LogP contribution in [0, 0.1) is 0 Å². The molecule has 1 aliphatic heterocycles. The van der Waals surface area contributed by atoms with Crippen LogP contribution in [0.5, 0.6) is 11.5 Å². The van der Waals surface area contributed by atoms with Gasteiger partial charge in [-0.1, -0.05) is 17.7 Å². The van der Waals surface area contributed by atoms with Gasteiger partial charge in [0.05, 0.1) is 0 Å². The fourth-order valence-corrected chi connectivity index (χ4v) is 3.77. The van der Waals surface area contributed by atoms with Crippen LogP contribution >= 0.6 is 38.9 Å². The van der Waals surface area contributed by atoms with Crippen LogP contribution < -0.4 is 14.8 Å². The van der Waals surface area contributed by atoms with Crippen LogP contribution in [-0.2, 0) is 6.54 Å². The molecule has 0 aliphatic carbocycles. The van der Waals surface area contributed by atoms with Crippen molar-refractivity contribution in [3.05, 3.63) is 43.5 Å². The number of halogens is 2. The standard InChI is InChI=1S/C14H13BrClNO2S/c1-8(17-6-10-5-11(15)14(16)20-10)9-2-3-12-13(4-9)19-7-18-12/h2-5,8,17H,6-7H2,1H3. The third kappa shape index (κ3) is 2.96. The highest BCUT2D eigenvalue weighted by molar-refractivity contribution is 9.10. The minimum Gasteiger partial charge on any atom is -0.454 e. The molecule has 1 aromatic carbocycles. The van der Waals surface area contributed by atoms with Gasteiger partial charge in [0.15, 0.2) is 11.5 Å². The molecule has 0 bridgehead atoms. The number of ether oxygens (including phenoxy) is 2. The first kappa shape index (κ1) is 14.2. The Morgan fingerprint density at radius 1 is 1.35 bits per heavy atom. The molecule has 3 nitrogen and oxygen atoms in total. The molecule has 0 radical (unpaired) electrons. The zero-order chi connectivity index (χ0) is 14.1. The molecule has 20 heavy (non-hydrogen) atoms. The van der Waals surface area contributed by atoms with Gasteiger partial charge in [0.1, 0.15) is 4.34 Å². The first-order chi connectivity index (χ1) is 9.63. The molecule has 1 unspecified atom stereocenters.